The van der Waals surface area contributed by atoms with E-state index >= 15 is 0 Å². The zero-order chi connectivity index (χ0) is 21.2. The third-order valence-electron chi connectivity index (χ3n) is 5.56. The van der Waals surface area contributed by atoms with Crippen LogP contribution in [0.3, 0.4) is 0 Å². The smallest absolute Gasteiger partial charge is 0.322 e. The number of amides is 4. The SMILES string of the molecule is COCC1(CC(C)C(=O)N2CCN(c3cccc(F)c3)[C@@H](C)C2)NC(=O)NC1=O. The Labute approximate surface area is 169 Å². The van der Waals surface area contributed by atoms with Crippen molar-refractivity contribution in [1.29, 1.82) is 0 Å². The van der Waals surface area contributed by atoms with Gasteiger partial charge < -0.3 is 19.9 Å². The monoisotopic (exact) mass is 406 g/mol. The zero-order valence-electron chi connectivity index (χ0n) is 16.9. The van der Waals surface area contributed by atoms with E-state index in [0.29, 0.717) is 19.6 Å². The van der Waals surface area contributed by atoms with Crippen molar-refractivity contribution in [2.45, 2.75) is 31.8 Å². The number of carbonyl (C=O) groups excluding carboxylic acids is 3. The first-order valence-corrected chi connectivity index (χ1v) is 9.69. The predicted octanol–water partition coefficient (Wildman–Crippen LogP) is 1.11. The van der Waals surface area contributed by atoms with E-state index in [-0.39, 0.29) is 30.8 Å². The topological polar surface area (TPSA) is 91.0 Å². The predicted molar refractivity (Wildman–Crippen MR) is 105 cm³/mol. The molecule has 2 unspecified atom stereocenters. The molecule has 2 N–H and O–H groups in total. The first-order chi connectivity index (χ1) is 13.8. The molecule has 0 spiro atoms. The Morgan fingerprint density at radius 2 is 2.14 bits per heavy atom. The lowest BCUT2D eigenvalue weighted by molar-refractivity contribution is -0.137. The van der Waals surface area contributed by atoms with E-state index in [4.69, 9.17) is 4.74 Å². The molecule has 0 aliphatic carbocycles. The summed E-state index contributed by atoms with van der Waals surface area (Å²) in [7, 11) is 1.44. The Bertz CT molecular complexity index is 804. The number of benzene rings is 1. The van der Waals surface area contributed by atoms with Crippen LogP contribution in [0, 0.1) is 11.7 Å². The molecule has 9 heteroatoms. The van der Waals surface area contributed by atoms with Crippen LogP contribution < -0.4 is 15.5 Å². The minimum Gasteiger partial charge on any atom is -0.382 e. The van der Waals surface area contributed by atoms with Crippen LogP contribution in [0.15, 0.2) is 24.3 Å². The quantitative estimate of drug-likeness (QED) is 0.691. The molecule has 3 atom stereocenters. The number of anilines is 1. The van der Waals surface area contributed by atoms with E-state index in [2.05, 4.69) is 15.5 Å². The van der Waals surface area contributed by atoms with E-state index < -0.39 is 23.4 Å². The number of hydrogen-bond acceptors (Lipinski definition) is 5. The van der Waals surface area contributed by atoms with Crippen molar-refractivity contribution in [2.24, 2.45) is 5.92 Å². The number of ether oxygens (including phenoxy) is 1. The van der Waals surface area contributed by atoms with Crippen molar-refractivity contribution in [3.63, 3.8) is 0 Å². The Kier molecular flexibility index (Phi) is 6.07. The molecule has 158 valence electrons. The highest BCUT2D eigenvalue weighted by molar-refractivity contribution is 6.07. The van der Waals surface area contributed by atoms with Crippen molar-refractivity contribution < 1.29 is 23.5 Å². The van der Waals surface area contributed by atoms with Crippen molar-refractivity contribution in [2.75, 3.05) is 38.3 Å². The number of hydrogen-bond donors (Lipinski definition) is 2. The molecule has 29 heavy (non-hydrogen) atoms. The fourth-order valence-corrected chi connectivity index (χ4v) is 4.20. The maximum atomic E-state index is 13.5. The molecule has 0 bridgehead atoms. The van der Waals surface area contributed by atoms with Crippen LogP contribution in [0.25, 0.3) is 0 Å². The van der Waals surface area contributed by atoms with Gasteiger partial charge in [0.05, 0.1) is 6.61 Å². The van der Waals surface area contributed by atoms with Gasteiger partial charge in [0.15, 0.2) is 0 Å². The lowest BCUT2D eigenvalue weighted by Gasteiger charge is -2.42. The van der Waals surface area contributed by atoms with Crippen LogP contribution in [0.5, 0.6) is 0 Å². The molecule has 2 saturated heterocycles. The third-order valence-corrected chi connectivity index (χ3v) is 5.56. The molecule has 2 fully saturated rings. The Balaban J connectivity index is 1.65. The summed E-state index contributed by atoms with van der Waals surface area (Å²) in [6.07, 6.45) is 0.149. The molecule has 3 rings (SSSR count). The average Bonchev–Trinajstić information content (AvgIpc) is 2.94. The molecule has 0 radical (unpaired) electrons. The number of imide groups is 1. The standard InChI is InChI=1S/C20H27FN4O4/c1-13(10-20(12-29-3)18(27)22-19(28)23-20)17(26)24-7-8-25(14(2)11-24)16-6-4-5-15(21)9-16/h4-6,9,13-14H,7-8,10-12H2,1-3H3,(H2,22,23,27,28)/t13?,14-,20?/m0/s1. The largest absolute Gasteiger partial charge is 0.382 e. The van der Waals surface area contributed by atoms with Crippen molar-refractivity contribution in [3.8, 4) is 0 Å². The molecule has 0 saturated carbocycles. The van der Waals surface area contributed by atoms with Crippen LogP contribution in [0.2, 0.25) is 0 Å². The van der Waals surface area contributed by atoms with Gasteiger partial charge in [-0.25, -0.2) is 9.18 Å². The van der Waals surface area contributed by atoms with Gasteiger partial charge in [0.25, 0.3) is 5.91 Å². The summed E-state index contributed by atoms with van der Waals surface area (Å²) in [4.78, 5) is 40.7. The molecule has 2 aliphatic rings. The van der Waals surface area contributed by atoms with Crippen LogP contribution in [-0.2, 0) is 14.3 Å². The van der Waals surface area contributed by atoms with Crippen LogP contribution in [0.1, 0.15) is 20.3 Å². The number of nitrogens with zero attached hydrogens (tertiary/aromatic N) is 2. The lowest BCUT2D eigenvalue weighted by atomic mass is 9.87. The normalized spacial score (nSPS) is 25.6. The minimum absolute atomic E-state index is 0.00799. The third kappa shape index (κ3) is 4.34. The van der Waals surface area contributed by atoms with Gasteiger partial charge in [-0.1, -0.05) is 13.0 Å². The number of nitrogens with one attached hydrogen (secondary N) is 2. The van der Waals surface area contributed by atoms with Crippen molar-refractivity contribution in [1.82, 2.24) is 15.5 Å². The summed E-state index contributed by atoms with van der Waals surface area (Å²) in [5.74, 6) is -1.34. The van der Waals surface area contributed by atoms with Crippen molar-refractivity contribution in [3.05, 3.63) is 30.1 Å². The second kappa shape index (κ2) is 8.36. The zero-order valence-corrected chi connectivity index (χ0v) is 16.9. The summed E-state index contributed by atoms with van der Waals surface area (Å²) in [6.45, 7) is 5.32. The Morgan fingerprint density at radius 1 is 1.38 bits per heavy atom. The van der Waals surface area contributed by atoms with Gasteiger partial charge >= 0.3 is 6.03 Å². The number of methoxy groups -OCH3 is 1. The second-order valence-electron chi connectivity index (χ2n) is 7.84. The van der Waals surface area contributed by atoms with Crippen LogP contribution in [0.4, 0.5) is 14.9 Å². The van der Waals surface area contributed by atoms with E-state index in [1.54, 1.807) is 17.9 Å². The van der Waals surface area contributed by atoms with Gasteiger partial charge in [0.1, 0.15) is 11.4 Å². The van der Waals surface area contributed by atoms with Crippen LogP contribution >= 0.6 is 0 Å². The summed E-state index contributed by atoms with van der Waals surface area (Å²) in [5.41, 5.74) is -0.447. The molecule has 2 heterocycles. The fourth-order valence-electron chi connectivity index (χ4n) is 4.20. The molecule has 1 aromatic rings. The van der Waals surface area contributed by atoms with E-state index in [9.17, 15) is 18.8 Å². The molecule has 1 aromatic carbocycles. The van der Waals surface area contributed by atoms with Gasteiger partial charge in [-0.3, -0.25) is 14.9 Å². The first-order valence-electron chi connectivity index (χ1n) is 9.69. The summed E-state index contributed by atoms with van der Waals surface area (Å²) < 4.78 is 18.7. The Morgan fingerprint density at radius 3 is 2.72 bits per heavy atom. The first kappa shape index (κ1) is 21.0. The molecule has 4 amide bonds. The minimum atomic E-state index is -1.24. The maximum Gasteiger partial charge on any atom is 0.322 e. The Hall–Kier alpha value is -2.68. The highest BCUT2D eigenvalue weighted by atomic mass is 19.1. The molecule has 2 aliphatic heterocycles. The average molecular weight is 406 g/mol. The highest BCUT2D eigenvalue weighted by Crippen LogP contribution is 2.26. The fraction of sp³-hybridized carbons (Fsp3) is 0.550. The number of carbonyl (C=O) groups is 3. The number of rotatable bonds is 6. The van der Waals surface area contributed by atoms with Crippen LogP contribution in [-0.4, -0.2) is 67.7 Å². The molecular formula is C20H27FN4O4. The van der Waals surface area contributed by atoms with Gasteiger partial charge in [-0.15, -0.1) is 0 Å². The number of urea groups is 1. The van der Waals surface area contributed by atoms with E-state index in [1.807, 2.05) is 13.0 Å². The summed E-state index contributed by atoms with van der Waals surface area (Å²) in [6, 6.07) is 5.87. The summed E-state index contributed by atoms with van der Waals surface area (Å²) in [5, 5.41) is 4.83. The second-order valence-corrected chi connectivity index (χ2v) is 7.84. The number of halogens is 1. The molecule has 0 aromatic heterocycles. The van der Waals surface area contributed by atoms with E-state index in [1.165, 1.54) is 19.2 Å². The van der Waals surface area contributed by atoms with Gasteiger partial charge in [-0.05, 0) is 31.5 Å². The van der Waals surface area contributed by atoms with Crippen molar-refractivity contribution >= 4 is 23.5 Å². The van der Waals surface area contributed by atoms with Gasteiger partial charge in [0.2, 0.25) is 5.91 Å². The maximum absolute atomic E-state index is 13.5. The molecular weight excluding hydrogens is 379 g/mol. The van der Waals surface area contributed by atoms with E-state index in [0.717, 1.165) is 5.69 Å². The highest BCUT2D eigenvalue weighted by Gasteiger charge is 2.48. The molecule has 8 nitrogen and oxygen atoms in total. The van der Waals surface area contributed by atoms with Gasteiger partial charge in [-0.2, -0.15) is 0 Å². The summed E-state index contributed by atoms with van der Waals surface area (Å²) >= 11 is 0. The lowest BCUT2D eigenvalue weighted by Crippen LogP contribution is -2.57. The van der Waals surface area contributed by atoms with Gasteiger partial charge in [0, 0.05) is 44.4 Å². The number of piperazine rings is 1.